The van der Waals surface area contributed by atoms with Crippen LogP contribution in [0.2, 0.25) is 0 Å². The van der Waals surface area contributed by atoms with Gasteiger partial charge in [0.25, 0.3) is 0 Å². The van der Waals surface area contributed by atoms with Gasteiger partial charge in [0.2, 0.25) is 6.29 Å². The maximum absolute atomic E-state index is 10.0. The second-order valence-electron chi connectivity index (χ2n) is 1.82. The van der Waals surface area contributed by atoms with Crippen molar-refractivity contribution in [2.75, 3.05) is 13.2 Å². The van der Waals surface area contributed by atoms with E-state index in [4.69, 9.17) is 14.6 Å². The van der Waals surface area contributed by atoms with Gasteiger partial charge in [-0.1, -0.05) is 0 Å². The van der Waals surface area contributed by atoms with E-state index in [1.165, 1.54) is 0 Å². The lowest BCUT2D eigenvalue weighted by atomic mass is 10.5. The van der Waals surface area contributed by atoms with Gasteiger partial charge in [-0.25, -0.2) is 4.79 Å². The Morgan fingerprint density at radius 1 is 1.42 bits per heavy atom. The highest BCUT2D eigenvalue weighted by Gasteiger charge is 2.01. The lowest BCUT2D eigenvalue weighted by Crippen LogP contribution is -2.15. The van der Waals surface area contributed by atoms with Crippen LogP contribution in [0.1, 0.15) is 13.8 Å². The molecule has 0 atom stereocenters. The van der Waals surface area contributed by atoms with Crippen LogP contribution in [0.25, 0.3) is 0 Å². The van der Waals surface area contributed by atoms with Crippen molar-refractivity contribution in [1.29, 1.82) is 0 Å². The topological polar surface area (TPSA) is 55.8 Å². The van der Waals surface area contributed by atoms with E-state index >= 15 is 0 Å². The summed E-state index contributed by atoms with van der Waals surface area (Å²) in [5.74, 6) is 3.08. The molecule has 0 aliphatic rings. The van der Waals surface area contributed by atoms with Crippen molar-refractivity contribution >= 4 is 5.97 Å². The van der Waals surface area contributed by atoms with Gasteiger partial charge in [0.1, 0.15) is 0 Å². The van der Waals surface area contributed by atoms with E-state index in [0.29, 0.717) is 13.2 Å². The Balaban J connectivity index is 3.95. The van der Waals surface area contributed by atoms with Crippen molar-refractivity contribution in [2.45, 2.75) is 20.1 Å². The predicted octanol–water partition coefficient (Wildman–Crippen LogP) is 0.473. The number of aliphatic carboxylic acids is 1. The first-order valence-electron chi connectivity index (χ1n) is 3.68. The van der Waals surface area contributed by atoms with Crippen LogP contribution in [0.4, 0.5) is 0 Å². The third kappa shape index (κ3) is 5.71. The molecule has 0 aliphatic heterocycles. The molecular formula is C8H12O4. The normalized spacial score (nSPS) is 9.25. The van der Waals surface area contributed by atoms with Gasteiger partial charge < -0.3 is 14.6 Å². The summed E-state index contributed by atoms with van der Waals surface area (Å²) in [6.07, 6.45) is -0.726. The highest BCUT2D eigenvalue weighted by Crippen LogP contribution is 1.91. The van der Waals surface area contributed by atoms with Crippen molar-refractivity contribution in [1.82, 2.24) is 0 Å². The van der Waals surface area contributed by atoms with E-state index in [9.17, 15) is 4.79 Å². The van der Waals surface area contributed by atoms with Gasteiger partial charge in [-0.2, -0.15) is 0 Å². The summed E-state index contributed by atoms with van der Waals surface area (Å²) in [7, 11) is 0. The number of carboxylic acid groups (broad SMARTS) is 1. The number of carboxylic acids is 1. The number of carbonyl (C=O) groups is 1. The molecule has 0 saturated heterocycles. The zero-order valence-electron chi connectivity index (χ0n) is 7.16. The molecule has 0 saturated carbocycles. The standard InChI is InChI=1S/C8H12O4/c1-3-11-8(12-4-2)6-5-7(9)10/h8H,3-4H2,1-2H3,(H,9,10). The van der Waals surface area contributed by atoms with Crippen LogP contribution in [0.3, 0.4) is 0 Å². The predicted molar refractivity (Wildman–Crippen MR) is 42.5 cm³/mol. The molecule has 0 unspecified atom stereocenters. The quantitative estimate of drug-likeness (QED) is 0.494. The maximum Gasteiger partial charge on any atom is 0.382 e. The highest BCUT2D eigenvalue weighted by atomic mass is 16.7. The van der Waals surface area contributed by atoms with Gasteiger partial charge in [-0.15, -0.1) is 0 Å². The Labute approximate surface area is 71.5 Å². The second-order valence-corrected chi connectivity index (χ2v) is 1.82. The minimum Gasteiger partial charge on any atom is -0.472 e. The van der Waals surface area contributed by atoms with Gasteiger partial charge in [0.15, 0.2) is 0 Å². The average molecular weight is 172 g/mol. The van der Waals surface area contributed by atoms with Crippen LogP contribution < -0.4 is 0 Å². The molecule has 0 aromatic carbocycles. The van der Waals surface area contributed by atoms with Gasteiger partial charge in [-0.3, -0.25) is 0 Å². The van der Waals surface area contributed by atoms with Crippen LogP contribution in [0.5, 0.6) is 0 Å². The first kappa shape index (κ1) is 11.0. The Morgan fingerprint density at radius 2 is 1.92 bits per heavy atom. The second kappa shape index (κ2) is 6.65. The number of rotatable bonds is 4. The number of hydrogen-bond acceptors (Lipinski definition) is 3. The number of ether oxygens (including phenoxy) is 2. The summed E-state index contributed by atoms with van der Waals surface area (Å²) >= 11 is 0. The molecule has 12 heavy (non-hydrogen) atoms. The zero-order chi connectivity index (χ0) is 9.40. The molecule has 0 rings (SSSR count). The van der Waals surface area contributed by atoms with Crippen molar-refractivity contribution in [2.24, 2.45) is 0 Å². The molecule has 0 fully saturated rings. The van der Waals surface area contributed by atoms with Crippen molar-refractivity contribution in [3.05, 3.63) is 0 Å². The minimum atomic E-state index is -1.18. The van der Waals surface area contributed by atoms with E-state index in [2.05, 4.69) is 5.92 Å². The molecule has 0 aliphatic carbocycles. The molecule has 4 nitrogen and oxygen atoms in total. The summed E-state index contributed by atoms with van der Waals surface area (Å²) in [5.41, 5.74) is 0. The Kier molecular flexibility index (Phi) is 6.07. The van der Waals surface area contributed by atoms with E-state index in [1.54, 1.807) is 13.8 Å². The average Bonchev–Trinajstić information content (AvgIpc) is 2.01. The molecule has 1 N–H and O–H groups in total. The summed E-state index contributed by atoms with van der Waals surface area (Å²) in [4.78, 5) is 10.0. The molecule has 0 bridgehead atoms. The SMILES string of the molecule is CCOC(C#CC(=O)O)OCC. The first-order chi connectivity index (χ1) is 5.70. The van der Waals surface area contributed by atoms with Gasteiger partial charge in [-0.05, 0) is 19.8 Å². The van der Waals surface area contributed by atoms with Crippen LogP contribution >= 0.6 is 0 Å². The maximum atomic E-state index is 10.0. The van der Waals surface area contributed by atoms with Crippen LogP contribution in [0, 0.1) is 11.8 Å². The van der Waals surface area contributed by atoms with Crippen molar-refractivity contribution in [3.8, 4) is 11.8 Å². The molecule has 4 heteroatoms. The summed E-state index contributed by atoms with van der Waals surface area (Å²) in [5, 5.41) is 8.21. The third-order valence-electron chi connectivity index (χ3n) is 0.933. The minimum absolute atomic E-state index is 0.443. The van der Waals surface area contributed by atoms with Gasteiger partial charge >= 0.3 is 5.97 Å². The summed E-state index contributed by atoms with van der Waals surface area (Å²) in [6, 6.07) is 0. The highest BCUT2D eigenvalue weighted by molar-refractivity contribution is 5.86. The molecule has 0 amide bonds. The van der Waals surface area contributed by atoms with E-state index in [0.717, 1.165) is 0 Å². The summed E-state index contributed by atoms with van der Waals surface area (Å²) in [6.45, 7) is 4.46. The lowest BCUT2D eigenvalue weighted by molar-refractivity contribution is -0.130. The van der Waals surface area contributed by atoms with E-state index < -0.39 is 12.3 Å². The molecule has 68 valence electrons. The Hall–Kier alpha value is -1.05. The molecule has 0 radical (unpaired) electrons. The van der Waals surface area contributed by atoms with Crippen molar-refractivity contribution in [3.63, 3.8) is 0 Å². The first-order valence-corrected chi connectivity index (χ1v) is 3.68. The summed E-state index contributed by atoms with van der Waals surface area (Å²) < 4.78 is 9.95. The zero-order valence-corrected chi connectivity index (χ0v) is 7.16. The monoisotopic (exact) mass is 172 g/mol. The molecule has 0 aromatic rings. The smallest absolute Gasteiger partial charge is 0.382 e. The van der Waals surface area contributed by atoms with E-state index in [1.807, 2.05) is 5.92 Å². The Morgan fingerprint density at radius 3 is 2.25 bits per heavy atom. The molecular weight excluding hydrogens is 160 g/mol. The van der Waals surface area contributed by atoms with Gasteiger partial charge in [0.05, 0.1) is 0 Å². The fourth-order valence-corrected chi connectivity index (χ4v) is 0.555. The fourth-order valence-electron chi connectivity index (χ4n) is 0.555. The largest absolute Gasteiger partial charge is 0.472 e. The van der Waals surface area contributed by atoms with Crippen LogP contribution in [-0.4, -0.2) is 30.6 Å². The van der Waals surface area contributed by atoms with Crippen LogP contribution in [-0.2, 0) is 14.3 Å². The van der Waals surface area contributed by atoms with Crippen molar-refractivity contribution < 1.29 is 19.4 Å². The lowest BCUT2D eigenvalue weighted by Gasteiger charge is -2.08. The van der Waals surface area contributed by atoms with E-state index in [-0.39, 0.29) is 0 Å². The van der Waals surface area contributed by atoms with Gasteiger partial charge in [0, 0.05) is 19.1 Å². The molecule has 0 heterocycles. The fraction of sp³-hybridized carbons (Fsp3) is 0.625. The third-order valence-corrected chi connectivity index (χ3v) is 0.933. The number of hydrogen-bond donors (Lipinski definition) is 1. The Bertz CT molecular complexity index is 183. The molecule has 0 spiro atoms. The van der Waals surface area contributed by atoms with Crippen LogP contribution in [0.15, 0.2) is 0 Å². The molecule has 0 aromatic heterocycles.